The molecule has 2 N–H and O–H groups in total. The SMILES string of the molecule is O=CNCCCNC(=O)c1cc([N+](=O)[O-])c(Cl)s1. The van der Waals surface area contributed by atoms with Crippen LogP contribution < -0.4 is 10.6 Å². The van der Waals surface area contributed by atoms with Gasteiger partial charge >= 0.3 is 0 Å². The van der Waals surface area contributed by atoms with E-state index in [0.29, 0.717) is 25.9 Å². The van der Waals surface area contributed by atoms with Gasteiger partial charge in [0.15, 0.2) is 4.34 Å². The molecular formula is C9H10ClN3O4S. The molecule has 2 amide bonds. The number of hydrogen-bond donors (Lipinski definition) is 2. The topological polar surface area (TPSA) is 101 Å². The molecule has 1 aromatic heterocycles. The molecule has 0 fully saturated rings. The molecule has 0 aromatic carbocycles. The third-order valence-corrected chi connectivity index (χ3v) is 3.29. The molecule has 0 bridgehead atoms. The maximum absolute atomic E-state index is 11.6. The number of amides is 2. The van der Waals surface area contributed by atoms with Crippen molar-refractivity contribution in [3.63, 3.8) is 0 Å². The number of nitro groups is 1. The molecule has 1 rings (SSSR count). The van der Waals surface area contributed by atoms with Crippen LogP contribution in [-0.2, 0) is 4.79 Å². The zero-order valence-corrected chi connectivity index (χ0v) is 10.7. The van der Waals surface area contributed by atoms with Crippen LogP contribution in [0.5, 0.6) is 0 Å². The molecule has 1 heterocycles. The lowest BCUT2D eigenvalue weighted by atomic mass is 10.3. The predicted molar refractivity (Wildman–Crippen MR) is 67.0 cm³/mol. The van der Waals surface area contributed by atoms with Gasteiger partial charge in [-0.2, -0.15) is 0 Å². The van der Waals surface area contributed by atoms with Gasteiger partial charge in [0.2, 0.25) is 6.41 Å². The molecular weight excluding hydrogens is 282 g/mol. The molecule has 18 heavy (non-hydrogen) atoms. The summed E-state index contributed by atoms with van der Waals surface area (Å²) in [5, 5.41) is 15.6. The summed E-state index contributed by atoms with van der Waals surface area (Å²) in [7, 11) is 0. The minimum absolute atomic E-state index is 0.0206. The van der Waals surface area contributed by atoms with Gasteiger partial charge in [0.1, 0.15) is 4.88 Å². The predicted octanol–water partition coefficient (Wildman–Crippen LogP) is 1.18. The highest BCUT2D eigenvalue weighted by Crippen LogP contribution is 2.33. The van der Waals surface area contributed by atoms with E-state index in [1.807, 2.05) is 0 Å². The van der Waals surface area contributed by atoms with E-state index >= 15 is 0 Å². The van der Waals surface area contributed by atoms with Crippen LogP contribution in [0, 0.1) is 10.1 Å². The molecule has 7 nitrogen and oxygen atoms in total. The molecule has 0 unspecified atom stereocenters. The first-order chi connectivity index (χ1) is 8.56. The van der Waals surface area contributed by atoms with Crippen molar-refractivity contribution in [2.45, 2.75) is 6.42 Å². The van der Waals surface area contributed by atoms with Gasteiger partial charge in [0.05, 0.1) is 4.92 Å². The van der Waals surface area contributed by atoms with E-state index in [1.54, 1.807) is 0 Å². The lowest BCUT2D eigenvalue weighted by Crippen LogP contribution is -2.26. The highest BCUT2D eigenvalue weighted by Gasteiger charge is 2.20. The summed E-state index contributed by atoms with van der Waals surface area (Å²) >= 11 is 6.49. The normalized spacial score (nSPS) is 9.83. The maximum atomic E-state index is 11.6. The van der Waals surface area contributed by atoms with Crippen LogP contribution in [0.3, 0.4) is 0 Å². The number of carbonyl (C=O) groups is 2. The molecule has 0 radical (unpaired) electrons. The Kier molecular flexibility index (Phi) is 5.53. The Labute approximate surface area is 111 Å². The van der Waals surface area contributed by atoms with E-state index in [9.17, 15) is 19.7 Å². The van der Waals surface area contributed by atoms with Crippen molar-refractivity contribution in [1.29, 1.82) is 0 Å². The second-order valence-electron chi connectivity index (χ2n) is 3.21. The first kappa shape index (κ1) is 14.4. The van der Waals surface area contributed by atoms with Crippen molar-refractivity contribution in [1.82, 2.24) is 10.6 Å². The summed E-state index contributed by atoms with van der Waals surface area (Å²) in [6.07, 6.45) is 1.15. The smallest absolute Gasteiger partial charge is 0.299 e. The number of nitrogens with one attached hydrogen (secondary N) is 2. The molecule has 0 saturated heterocycles. The van der Waals surface area contributed by atoms with Crippen molar-refractivity contribution < 1.29 is 14.5 Å². The van der Waals surface area contributed by atoms with Gasteiger partial charge in [-0.1, -0.05) is 11.6 Å². The summed E-state index contributed by atoms with van der Waals surface area (Å²) < 4.78 is -0.0206. The van der Waals surface area contributed by atoms with Crippen LogP contribution in [0.4, 0.5) is 5.69 Å². The molecule has 0 saturated carbocycles. The van der Waals surface area contributed by atoms with Crippen LogP contribution in [0.25, 0.3) is 0 Å². The minimum Gasteiger partial charge on any atom is -0.359 e. The first-order valence-electron chi connectivity index (χ1n) is 4.95. The number of carbonyl (C=O) groups excluding carboxylic acids is 2. The Hall–Kier alpha value is -1.67. The second kappa shape index (κ2) is 6.92. The van der Waals surface area contributed by atoms with Crippen LogP contribution in [-0.4, -0.2) is 30.3 Å². The van der Waals surface area contributed by atoms with Gasteiger partial charge in [-0.3, -0.25) is 19.7 Å². The summed E-state index contributed by atoms with van der Waals surface area (Å²) in [5.41, 5.74) is -0.269. The van der Waals surface area contributed by atoms with Crippen molar-refractivity contribution >= 4 is 40.9 Å². The molecule has 98 valence electrons. The zero-order chi connectivity index (χ0) is 13.5. The van der Waals surface area contributed by atoms with Gasteiger partial charge in [0.25, 0.3) is 11.6 Å². The summed E-state index contributed by atoms with van der Waals surface area (Å²) in [4.78, 5) is 31.6. The van der Waals surface area contributed by atoms with Gasteiger partial charge in [0, 0.05) is 19.2 Å². The fourth-order valence-corrected chi connectivity index (χ4v) is 2.27. The van der Waals surface area contributed by atoms with E-state index in [0.717, 1.165) is 17.4 Å². The second-order valence-corrected chi connectivity index (χ2v) is 4.86. The van der Waals surface area contributed by atoms with Gasteiger partial charge in [-0.05, 0) is 6.42 Å². The van der Waals surface area contributed by atoms with Crippen LogP contribution in [0.1, 0.15) is 16.1 Å². The Morgan fingerprint density at radius 2 is 2.28 bits per heavy atom. The fourth-order valence-electron chi connectivity index (χ4n) is 1.13. The van der Waals surface area contributed by atoms with E-state index in [-0.39, 0.29) is 14.9 Å². The highest BCUT2D eigenvalue weighted by atomic mass is 35.5. The minimum atomic E-state index is -0.635. The average molecular weight is 292 g/mol. The van der Waals surface area contributed by atoms with E-state index in [1.165, 1.54) is 0 Å². The van der Waals surface area contributed by atoms with Gasteiger partial charge in [-0.15, -0.1) is 11.3 Å². The lowest BCUT2D eigenvalue weighted by Gasteiger charge is -2.02. The first-order valence-corrected chi connectivity index (χ1v) is 6.14. The van der Waals surface area contributed by atoms with Gasteiger partial charge in [-0.25, -0.2) is 0 Å². The molecule has 0 atom stereocenters. The number of halogens is 1. The average Bonchev–Trinajstić information content (AvgIpc) is 2.71. The number of rotatable bonds is 7. The molecule has 9 heteroatoms. The Morgan fingerprint density at radius 3 is 2.83 bits per heavy atom. The lowest BCUT2D eigenvalue weighted by molar-refractivity contribution is -0.384. The van der Waals surface area contributed by atoms with Crippen LogP contribution in [0.15, 0.2) is 6.07 Å². The number of hydrogen-bond acceptors (Lipinski definition) is 5. The summed E-state index contributed by atoms with van der Waals surface area (Å²) in [6, 6.07) is 1.14. The standard InChI is InChI=1S/C9H10ClN3O4S/c10-8-6(13(16)17)4-7(18-8)9(15)12-3-1-2-11-5-14/h4-5H,1-3H2,(H,11,14)(H,12,15). The third-order valence-electron chi connectivity index (χ3n) is 1.96. The third kappa shape index (κ3) is 3.97. The number of nitrogens with zero attached hydrogens (tertiary/aromatic N) is 1. The van der Waals surface area contributed by atoms with Crippen molar-refractivity contribution in [3.05, 3.63) is 25.4 Å². The Bertz CT molecular complexity index is 463. The molecule has 1 aromatic rings. The van der Waals surface area contributed by atoms with Gasteiger partial charge < -0.3 is 10.6 Å². The Balaban J connectivity index is 2.49. The zero-order valence-electron chi connectivity index (χ0n) is 9.14. The molecule has 0 aliphatic carbocycles. The van der Waals surface area contributed by atoms with E-state index in [2.05, 4.69) is 10.6 Å². The summed E-state index contributed by atoms with van der Waals surface area (Å²) in [5.74, 6) is -0.416. The monoisotopic (exact) mass is 291 g/mol. The summed E-state index contributed by atoms with van der Waals surface area (Å²) in [6.45, 7) is 0.818. The number of thiophene rings is 1. The highest BCUT2D eigenvalue weighted by molar-refractivity contribution is 7.18. The van der Waals surface area contributed by atoms with Crippen molar-refractivity contribution in [3.8, 4) is 0 Å². The van der Waals surface area contributed by atoms with Crippen LogP contribution in [0.2, 0.25) is 4.34 Å². The quantitative estimate of drug-likeness (QED) is 0.341. The van der Waals surface area contributed by atoms with E-state index in [4.69, 9.17) is 11.6 Å². The van der Waals surface area contributed by atoms with Crippen molar-refractivity contribution in [2.75, 3.05) is 13.1 Å². The largest absolute Gasteiger partial charge is 0.359 e. The molecule has 0 aliphatic heterocycles. The molecule has 0 spiro atoms. The van der Waals surface area contributed by atoms with Crippen molar-refractivity contribution in [2.24, 2.45) is 0 Å². The maximum Gasteiger partial charge on any atom is 0.299 e. The van der Waals surface area contributed by atoms with Crippen LogP contribution >= 0.6 is 22.9 Å². The fraction of sp³-hybridized carbons (Fsp3) is 0.333. The molecule has 0 aliphatic rings. The van der Waals surface area contributed by atoms with E-state index < -0.39 is 10.8 Å². The Morgan fingerprint density at radius 1 is 1.56 bits per heavy atom.